The number of rotatable bonds is 2. The molecule has 1 aromatic rings. The Bertz CT molecular complexity index is 606. The number of carbonyl (C=O) groups is 2. The number of aryl methyl sites for hydroxylation is 1. The van der Waals surface area contributed by atoms with E-state index in [1.165, 1.54) is 12.1 Å². The van der Waals surface area contributed by atoms with Gasteiger partial charge in [-0.3, -0.25) is 4.79 Å². The number of benzene rings is 1. The minimum Gasteiger partial charge on any atom is -0.507 e. The topological polar surface area (TPSA) is 98.7 Å². The van der Waals surface area contributed by atoms with Gasteiger partial charge < -0.3 is 20.8 Å². The summed E-state index contributed by atoms with van der Waals surface area (Å²) in [7, 11) is 0. The first-order valence-corrected chi connectivity index (χ1v) is 6.62. The maximum atomic E-state index is 11.8. The van der Waals surface area contributed by atoms with Crippen LogP contribution in [0, 0.1) is 12.3 Å². The second-order valence-corrected chi connectivity index (χ2v) is 6.06. The molecule has 0 unspecified atom stereocenters. The molecule has 0 aliphatic carbocycles. The molecule has 1 aromatic carbocycles. The van der Waals surface area contributed by atoms with Gasteiger partial charge in [0.2, 0.25) is 5.91 Å². The standard InChI is InChI=1S/C14H18N2O4S/c1-7-5-8(6-9(10(7)17)11(18)19)15-13(21)16-12(20)14(2,3)4/h5-6,17H,1-4H3,(H,18,19)(H2,15,16,20,21). The van der Waals surface area contributed by atoms with Crippen molar-refractivity contribution < 1.29 is 19.8 Å². The van der Waals surface area contributed by atoms with E-state index >= 15 is 0 Å². The Labute approximate surface area is 128 Å². The Kier molecular flexibility index (Phi) is 4.90. The van der Waals surface area contributed by atoms with Crippen LogP contribution in [0.15, 0.2) is 12.1 Å². The van der Waals surface area contributed by atoms with Crippen molar-refractivity contribution in [3.8, 4) is 5.75 Å². The number of aromatic carboxylic acids is 1. The predicted octanol–water partition coefficient (Wildman–Crippen LogP) is 2.26. The molecule has 0 saturated carbocycles. The first-order valence-electron chi connectivity index (χ1n) is 6.21. The van der Waals surface area contributed by atoms with Crippen molar-refractivity contribution in [2.75, 3.05) is 5.32 Å². The van der Waals surface area contributed by atoms with E-state index in [2.05, 4.69) is 10.6 Å². The average molecular weight is 310 g/mol. The molecule has 0 aliphatic heterocycles. The van der Waals surface area contributed by atoms with Gasteiger partial charge in [-0.15, -0.1) is 0 Å². The minimum atomic E-state index is -1.25. The van der Waals surface area contributed by atoms with Gasteiger partial charge in [-0.1, -0.05) is 20.8 Å². The fraction of sp³-hybridized carbons (Fsp3) is 0.357. The third kappa shape index (κ3) is 4.42. The van der Waals surface area contributed by atoms with E-state index in [0.29, 0.717) is 11.3 Å². The van der Waals surface area contributed by atoms with E-state index in [-0.39, 0.29) is 22.3 Å². The summed E-state index contributed by atoms with van der Waals surface area (Å²) in [5, 5.41) is 24.0. The zero-order valence-electron chi connectivity index (χ0n) is 12.3. The molecule has 0 aromatic heterocycles. The zero-order chi connectivity index (χ0) is 16.4. The van der Waals surface area contributed by atoms with Crippen molar-refractivity contribution in [3.05, 3.63) is 23.3 Å². The van der Waals surface area contributed by atoms with Crippen molar-refractivity contribution in [1.29, 1.82) is 0 Å². The highest BCUT2D eigenvalue weighted by Gasteiger charge is 2.22. The lowest BCUT2D eigenvalue weighted by Gasteiger charge is -2.19. The highest BCUT2D eigenvalue weighted by molar-refractivity contribution is 7.80. The summed E-state index contributed by atoms with van der Waals surface area (Å²) < 4.78 is 0. The van der Waals surface area contributed by atoms with Crippen LogP contribution in [0.3, 0.4) is 0 Å². The predicted molar refractivity (Wildman–Crippen MR) is 83.6 cm³/mol. The molecule has 0 heterocycles. The number of hydrogen-bond acceptors (Lipinski definition) is 4. The smallest absolute Gasteiger partial charge is 0.339 e. The van der Waals surface area contributed by atoms with Gasteiger partial charge in [-0.05, 0) is 36.8 Å². The molecule has 0 atom stereocenters. The van der Waals surface area contributed by atoms with Crippen LogP contribution in [0.1, 0.15) is 36.7 Å². The number of thiocarbonyl (C=S) groups is 1. The summed E-state index contributed by atoms with van der Waals surface area (Å²) in [6.07, 6.45) is 0. The molecule has 0 radical (unpaired) electrons. The van der Waals surface area contributed by atoms with Crippen LogP contribution in [-0.4, -0.2) is 27.2 Å². The van der Waals surface area contributed by atoms with E-state index in [4.69, 9.17) is 17.3 Å². The van der Waals surface area contributed by atoms with Crippen LogP contribution in [0.2, 0.25) is 0 Å². The number of nitrogens with one attached hydrogen (secondary N) is 2. The molecule has 0 aliphatic rings. The van der Waals surface area contributed by atoms with Gasteiger partial charge in [0.25, 0.3) is 0 Å². The zero-order valence-corrected chi connectivity index (χ0v) is 13.1. The van der Waals surface area contributed by atoms with Gasteiger partial charge in [-0.25, -0.2) is 4.79 Å². The average Bonchev–Trinajstić information content (AvgIpc) is 2.31. The molecule has 7 heteroatoms. The molecule has 0 bridgehead atoms. The number of carbonyl (C=O) groups excluding carboxylic acids is 1. The van der Waals surface area contributed by atoms with Crippen LogP contribution in [-0.2, 0) is 4.79 Å². The number of carboxylic acid groups (broad SMARTS) is 1. The summed E-state index contributed by atoms with van der Waals surface area (Å²) in [5.74, 6) is -1.80. The summed E-state index contributed by atoms with van der Waals surface area (Å²) in [4.78, 5) is 22.8. The SMILES string of the molecule is Cc1cc(NC(=S)NC(=O)C(C)(C)C)cc(C(=O)O)c1O. The quantitative estimate of drug-likeness (QED) is 0.494. The number of aromatic hydroxyl groups is 1. The maximum absolute atomic E-state index is 11.8. The van der Waals surface area contributed by atoms with Crippen molar-refractivity contribution in [2.45, 2.75) is 27.7 Å². The van der Waals surface area contributed by atoms with Crippen molar-refractivity contribution in [3.63, 3.8) is 0 Å². The lowest BCUT2D eigenvalue weighted by Crippen LogP contribution is -2.41. The second kappa shape index (κ2) is 6.09. The van der Waals surface area contributed by atoms with E-state index in [9.17, 15) is 14.7 Å². The van der Waals surface area contributed by atoms with Gasteiger partial charge in [-0.2, -0.15) is 0 Å². The molecule has 0 spiro atoms. The van der Waals surface area contributed by atoms with Crippen LogP contribution >= 0.6 is 12.2 Å². The molecule has 1 rings (SSSR count). The van der Waals surface area contributed by atoms with Gasteiger partial charge in [0.15, 0.2) is 5.11 Å². The van der Waals surface area contributed by atoms with Crippen LogP contribution in [0.4, 0.5) is 5.69 Å². The molecular weight excluding hydrogens is 292 g/mol. The molecule has 114 valence electrons. The highest BCUT2D eigenvalue weighted by atomic mass is 32.1. The molecule has 1 amide bonds. The van der Waals surface area contributed by atoms with Gasteiger partial charge >= 0.3 is 5.97 Å². The van der Waals surface area contributed by atoms with Crippen LogP contribution < -0.4 is 10.6 Å². The fourth-order valence-electron chi connectivity index (χ4n) is 1.47. The normalized spacial score (nSPS) is 10.9. The number of hydrogen-bond donors (Lipinski definition) is 4. The lowest BCUT2D eigenvalue weighted by atomic mass is 9.96. The van der Waals surface area contributed by atoms with E-state index < -0.39 is 11.4 Å². The van der Waals surface area contributed by atoms with Crippen molar-refractivity contribution in [2.24, 2.45) is 5.41 Å². The Morgan fingerprint density at radius 2 is 1.81 bits per heavy atom. The van der Waals surface area contributed by atoms with Gasteiger partial charge in [0.05, 0.1) is 0 Å². The number of phenols is 1. The lowest BCUT2D eigenvalue weighted by molar-refractivity contribution is -0.126. The minimum absolute atomic E-state index is 0.0661. The Balaban J connectivity index is 2.92. The summed E-state index contributed by atoms with van der Waals surface area (Å²) in [5.41, 5.74) is -0.0604. The molecule has 0 saturated heterocycles. The highest BCUT2D eigenvalue weighted by Crippen LogP contribution is 2.26. The van der Waals surface area contributed by atoms with Gasteiger partial charge in [0, 0.05) is 11.1 Å². The maximum Gasteiger partial charge on any atom is 0.339 e. The summed E-state index contributed by atoms with van der Waals surface area (Å²) in [6.45, 7) is 6.82. The first kappa shape index (κ1) is 16.9. The molecular formula is C14H18N2O4S. The molecule has 6 nitrogen and oxygen atoms in total. The molecule has 4 N–H and O–H groups in total. The van der Waals surface area contributed by atoms with E-state index in [1.807, 2.05) is 0 Å². The molecule has 21 heavy (non-hydrogen) atoms. The largest absolute Gasteiger partial charge is 0.507 e. The third-order valence-electron chi connectivity index (χ3n) is 2.70. The van der Waals surface area contributed by atoms with E-state index in [1.54, 1.807) is 27.7 Å². The second-order valence-electron chi connectivity index (χ2n) is 5.65. The van der Waals surface area contributed by atoms with Gasteiger partial charge in [0.1, 0.15) is 11.3 Å². The Hall–Kier alpha value is -2.15. The van der Waals surface area contributed by atoms with Crippen LogP contribution in [0.5, 0.6) is 5.75 Å². The number of carboxylic acids is 1. The third-order valence-corrected chi connectivity index (χ3v) is 2.90. The summed E-state index contributed by atoms with van der Waals surface area (Å²) in [6, 6.07) is 2.79. The van der Waals surface area contributed by atoms with Crippen molar-refractivity contribution >= 4 is 34.9 Å². The first-order chi connectivity index (χ1) is 9.52. The number of anilines is 1. The Morgan fingerprint density at radius 1 is 1.24 bits per heavy atom. The van der Waals surface area contributed by atoms with E-state index in [0.717, 1.165) is 0 Å². The van der Waals surface area contributed by atoms with Crippen molar-refractivity contribution in [1.82, 2.24) is 5.32 Å². The van der Waals surface area contributed by atoms with Crippen LogP contribution in [0.25, 0.3) is 0 Å². The Morgan fingerprint density at radius 3 is 2.29 bits per heavy atom. The monoisotopic (exact) mass is 310 g/mol. The number of amides is 1. The summed E-state index contributed by atoms with van der Waals surface area (Å²) >= 11 is 5.01. The molecule has 0 fully saturated rings. The fourth-order valence-corrected chi connectivity index (χ4v) is 1.68.